The summed E-state index contributed by atoms with van der Waals surface area (Å²) < 4.78 is 86.5. The van der Waals surface area contributed by atoms with E-state index in [1.807, 2.05) is 4.72 Å². The van der Waals surface area contributed by atoms with Crippen molar-refractivity contribution in [2.45, 2.75) is 23.8 Å². The van der Waals surface area contributed by atoms with E-state index in [4.69, 9.17) is 4.74 Å². The summed E-state index contributed by atoms with van der Waals surface area (Å²) >= 11 is 0. The van der Waals surface area contributed by atoms with Crippen molar-refractivity contribution < 1.29 is 30.7 Å². The van der Waals surface area contributed by atoms with Crippen molar-refractivity contribution in [3.63, 3.8) is 0 Å². The highest BCUT2D eigenvalue weighted by molar-refractivity contribution is 7.92. The highest BCUT2D eigenvalue weighted by atomic mass is 32.2. The lowest BCUT2D eigenvalue weighted by molar-refractivity contribution is 0.262. The van der Waals surface area contributed by atoms with Gasteiger partial charge in [-0.3, -0.25) is 9.71 Å². The van der Waals surface area contributed by atoms with Gasteiger partial charge in [-0.2, -0.15) is 4.39 Å². The molecule has 0 amide bonds. The molecule has 0 aliphatic heterocycles. The molecule has 24 heavy (non-hydrogen) atoms. The van der Waals surface area contributed by atoms with Gasteiger partial charge < -0.3 is 4.74 Å². The van der Waals surface area contributed by atoms with Crippen LogP contribution in [-0.4, -0.2) is 19.5 Å². The number of hydrogen-bond acceptors (Lipinski definition) is 4. The molecule has 1 aliphatic rings. The van der Waals surface area contributed by atoms with Gasteiger partial charge in [0, 0.05) is 6.20 Å². The van der Waals surface area contributed by atoms with E-state index in [2.05, 4.69) is 4.98 Å². The van der Waals surface area contributed by atoms with Crippen molar-refractivity contribution in [3.05, 3.63) is 47.8 Å². The Balaban J connectivity index is 2.14. The van der Waals surface area contributed by atoms with E-state index in [1.54, 1.807) is 0 Å². The van der Waals surface area contributed by atoms with Crippen LogP contribution >= 0.6 is 0 Å². The van der Waals surface area contributed by atoms with Gasteiger partial charge in [0.25, 0.3) is 10.0 Å². The second-order valence-electron chi connectivity index (χ2n) is 5.08. The number of nitrogens with one attached hydrogen (secondary N) is 1. The van der Waals surface area contributed by atoms with Gasteiger partial charge in [-0.05, 0) is 25.0 Å². The van der Waals surface area contributed by atoms with Crippen LogP contribution in [0.15, 0.2) is 29.4 Å². The van der Waals surface area contributed by atoms with Crippen LogP contribution in [0.5, 0.6) is 5.75 Å². The molecule has 0 radical (unpaired) electrons. The Bertz CT molecular complexity index is 887. The molecule has 1 heterocycles. The molecule has 10 heteroatoms. The van der Waals surface area contributed by atoms with Crippen molar-refractivity contribution in [3.8, 4) is 5.75 Å². The van der Waals surface area contributed by atoms with Crippen molar-refractivity contribution in [1.82, 2.24) is 4.98 Å². The summed E-state index contributed by atoms with van der Waals surface area (Å²) in [5, 5.41) is 0. The van der Waals surface area contributed by atoms with Crippen molar-refractivity contribution in [1.29, 1.82) is 0 Å². The molecule has 0 spiro atoms. The van der Waals surface area contributed by atoms with E-state index < -0.39 is 50.0 Å². The first kappa shape index (κ1) is 16.5. The third kappa shape index (κ3) is 3.01. The van der Waals surface area contributed by atoms with Crippen LogP contribution in [0, 0.1) is 23.3 Å². The number of sulfonamides is 1. The standard InChI is InChI=1S/C14H10F4N2O3S/c15-9-10(16)12(18)14(13(11(9)17)23-8-3-4-8)24(21,22)20-7-2-1-5-19-6-7/h1-2,5-6,8,20H,3-4H2. The lowest BCUT2D eigenvalue weighted by Crippen LogP contribution is -2.19. The van der Waals surface area contributed by atoms with Gasteiger partial charge >= 0.3 is 0 Å². The average Bonchev–Trinajstić information content (AvgIpc) is 3.35. The molecule has 0 saturated heterocycles. The molecule has 1 aromatic carbocycles. The Morgan fingerprint density at radius 3 is 2.33 bits per heavy atom. The second-order valence-corrected chi connectivity index (χ2v) is 6.70. The van der Waals surface area contributed by atoms with Gasteiger partial charge in [-0.15, -0.1) is 0 Å². The number of aromatic nitrogens is 1. The first-order valence-corrected chi connectivity index (χ1v) is 8.25. The van der Waals surface area contributed by atoms with E-state index in [0.717, 1.165) is 6.20 Å². The number of pyridine rings is 1. The van der Waals surface area contributed by atoms with Gasteiger partial charge in [-0.1, -0.05) is 0 Å². The minimum Gasteiger partial charge on any atom is -0.486 e. The minimum atomic E-state index is -4.79. The summed E-state index contributed by atoms with van der Waals surface area (Å²) in [6, 6.07) is 2.68. The number of nitrogens with zero attached hydrogens (tertiary/aromatic N) is 1. The number of anilines is 1. The lowest BCUT2D eigenvalue weighted by atomic mass is 10.3. The summed E-state index contributed by atoms with van der Waals surface area (Å²) in [6.07, 6.45) is 2.83. The normalized spacial score (nSPS) is 14.5. The first-order chi connectivity index (χ1) is 11.3. The molecular formula is C14H10F4N2O3S. The summed E-state index contributed by atoms with van der Waals surface area (Å²) in [5.74, 6) is -9.50. The van der Waals surface area contributed by atoms with E-state index in [9.17, 15) is 26.0 Å². The third-order valence-corrected chi connectivity index (χ3v) is 4.58. The SMILES string of the molecule is O=S(=O)(Nc1cccnc1)c1c(F)c(F)c(F)c(F)c1OC1CC1. The fraction of sp³-hybridized carbons (Fsp3) is 0.214. The maximum atomic E-state index is 14.1. The molecule has 0 atom stereocenters. The molecule has 3 rings (SSSR count). The Morgan fingerprint density at radius 1 is 1.08 bits per heavy atom. The van der Waals surface area contributed by atoms with Crippen LogP contribution < -0.4 is 9.46 Å². The largest absolute Gasteiger partial charge is 0.486 e. The maximum absolute atomic E-state index is 14.1. The van der Waals surface area contributed by atoms with E-state index >= 15 is 0 Å². The predicted octanol–water partition coefficient (Wildman–Crippen LogP) is 2.98. The van der Waals surface area contributed by atoms with Gasteiger partial charge in [0.2, 0.25) is 11.6 Å². The van der Waals surface area contributed by atoms with Crippen LogP contribution in [0.2, 0.25) is 0 Å². The van der Waals surface area contributed by atoms with Crippen molar-refractivity contribution in [2.75, 3.05) is 4.72 Å². The molecule has 128 valence electrons. The van der Waals surface area contributed by atoms with Gasteiger partial charge in [0.1, 0.15) is 0 Å². The molecule has 5 nitrogen and oxygen atoms in total. The number of hydrogen-bond donors (Lipinski definition) is 1. The fourth-order valence-corrected chi connectivity index (χ4v) is 3.16. The smallest absolute Gasteiger partial charge is 0.268 e. The molecule has 1 N–H and O–H groups in total. The van der Waals surface area contributed by atoms with Gasteiger partial charge in [0.05, 0.1) is 18.0 Å². The fourth-order valence-electron chi connectivity index (χ4n) is 1.92. The van der Waals surface area contributed by atoms with Gasteiger partial charge in [0.15, 0.2) is 22.3 Å². The molecule has 1 saturated carbocycles. The third-order valence-electron chi connectivity index (χ3n) is 3.17. The highest BCUT2D eigenvalue weighted by Gasteiger charge is 2.37. The van der Waals surface area contributed by atoms with E-state index in [-0.39, 0.29) is 5.69 Å². The number of benzene rings is 1. The van der Waals surface area contributed by atoms with E-state index in [0.29, 0.717) is 12.8 Å². The molecule has 2 aromatic rings. The summed E-state index contributed by atoms with van der Waals surface area (Å²) in [7, 11) is -4.79. The summed E-state index contributed by atoms with van der Waals surface area (Å²) in [4.78, 5) is 2.23. The van der Waals surface area contributed by atoms with Crippen LogP contribution in [-0.2, 0) is 10.0 Å². The lowest BCUT2D eigenvalue weighted by Gasteiger charge is -2.15. The zero-order valence-electron chi connectivity index (χ0n) is 11.9. The molecule has 1 aliphatic carbocycles. The molecular weight excluding hydrogens is 352 g/mol. The number of ether oxygens (including phenoxy) is 1. The van der Waals surface area contributed by atoms with Crippen LogP contribution in [0.25, 0.3) is 0 Å². The van der Waals surface area contributed by atoms with Crippen molar-refractivity contribution >= 4 is 15.7 Å². The summed E-state index contributed by atoms with van der Waals surface area (Å²) in [6.45, 7) is 0. The molecule has 0 bridgehead atoms. The zero-order valence-corrected chi connectivity index (χ0v) is 12.7. The molecule has 1 aromatic heterocycles. The van der Waals surface area contributed by atoms with E-state index in [1.165, 1.54) is 18.3 Å². The molecule has 0 unspecified atom stereocenters. The Labute approximate surface area is 134 Å². The second kappa shape index (κ2) is 5.93. The van der Waals surface area contributed by atoms with Crippen LogP contribution in [0.3, 0.4) is 0 Å². The highest BCUT2D eigenvalue weighted by Crippen LogP contribution is 2.38. The first-order valence-electron chi connectivity index (χ1n) is 6.76. The topological polar surface area (TPSA) is 68.3 Å². The van der Waals surface area contributed by atoms with Gasteiger partial charge in [-0.25, -0.2) is 21.6 Å². The number of rotatable bonds is 5. The minimum absolute atomic E-state index is 0.0700. The van der Waals surface area contributed by atoms with Crippen LogP contribution in [0.1, 0.15) is 12.8 Å². The molecule has 1 fully saturated rings. The predicted molar refractivity (Wildman–Crippen MR) is 75.0 cm³/mol. The Kier molecular flexibility index (Phi) is 4.08. The Hall–Kier alpha value is -2.36. The van der Waals surface area contributed by atoms with Crippen LogP contribution in [0.4, 0.5) is 23.2 Å². The quantitative estimate of drug-likeness (QED) is 0.504. The average molecular weight is 362 g/mol. The monoisotopic (exact) mass is 362 g/mol. The summed E-state index contributed by atoms with van der Waals surface area (Å²) in [5.41, 5.74) is -0.0700. The maximum Gasteiger partial charge on any atom is 0.268 e. The zero-order chi connectivity index (χ0) is 17.5. The van der Waals surface area contributed by atoms with Crippen molar-refractivity contribution in [2.24, 2.45) is 0 Å². The number of halogens is 4. The Morgan fingerprint density at radius 2 is 1.75 bits per heavy atom.